The van der Waals surface area contributed by atoms with Gasteiger partial charge in [-0.3, -0.25) is 0 Å². The number of terminal acetylenes is 1. The average Bonchev–Trinajstić information content (AvgIpc) is 2.27. The lowest BCUT2D eigenvalue weighted by Gasteiger charge is -2.03. The zero-order valence-corrected chi connectivity index (χ0v) is 10.3. The molecule has 0 aromatic heterocycles. The van der Waals surface area contributed by atoms with Gasteiger partial charge in [-0.1, -0.05) is 19.1 Å². The van der Waals surface area contributed by atoms with Crippen LogP contribution in [-0.4, -0.2) is 13.6 Å². The first kappa shape index (κ1) is 14.3. The first-order chi connectivity index (χ1) is 7.35. The fourth-order valence-corrected chi connectivity index (χ4v) is 1.50. The molecule has 0 saturated carbocycles. The molecule has 0 aliphatic heterocycles. The van der Waals surface area contributed by atoms with Gasteiger partial charge in [0.2, 0.25) is 0 Å². The van der Waals surface area contributed by atoms with Crippen molar-refractivity contribution >= 4 is 0 Å². The van der Waals surface area contributed by atoms with E-state index in [1.165, 1.54) is 19.3 Å². The highest BCUT2D eigenvalue weighted by molar-refractivity contribution is 4.94. The second-order valence-electron chi connectivity index (χ2n) is 3.92. The highest BCUT2D eigenvalue weighted by atomic mass is 14.8. The van der Waals surface area contributed by atoms with Crippen molar-refractivity contribution in [3.05, 3.63) is 12.2 Å². The summed E-state index contributed by atoms with van der Waals surface area (Å²) in [6.45, 7) is 3.29. The maximum atomic E-state index is 5.40. The summed E-state index contributed by atoms with van der Waals surface area (Å²) in [5.41, 5.74) is 0. The van der Waals surface area contributed by atoms with Crippen LogP contribution in [0.15, 0.2) is 12.2 Å². The highest BCUT2D eigenvalue weighted by Gasteiger charge is 1.98. The van der Waals surface area contributed by atoms with E-state index in [4.69, 9.17) is 6.42 Å². The fourth-order valence-electron chi connectivity index (χ4n) is 1.50. The van der Waals surface area contributed by atoms with Gasteiger partial charge in [-0.25, -0.2) is 0 Å². The monoisotopic (exact) mass is 207 g/mol. The average molecular weight is 207 g/mol. The lowest BCUT2D eigenvalue weighted by atomic mass is 10.0. The molecule has 0 fully saturated rings. The van der Waals surface area contributed by atoms with Crippen LogP contribution in [0.2, 0.25) is 0 Å². The highest BCUT2D eigenvalue weighted by Crippen LogP contribution is 2.09. The molecule has 0 spiro atoms. The van der Waals surface area contributed by atoms with Crippen molar-refractivity contribution in [3.63, 3.8) is 0 Å². The molecule has 1 N–H and O–H groups in total. The molecule has 0 aromatic carbocycles. The molecule has 0 amide bonds. The third kappa shape index (κ3) is 9.56. The molecular formula is C14H25N. The number of nitrogens with one attached hydrogen (secondary N) is 1. The third-order valence-corrected chi connectivity index (χ3v) is 2.62. The molecule has 15 heavy (non-hydrogen) atoms. The van der Waals surface area contributed by atoms with Gasteiger partial charge in [-0.15, -0.1) is 12.3 Å². The Morgan fingerprint density at radius 3 is 2.60 bits per heavy atom. The van der Waals surface area contributed by atoms with Gasteiger partial charge in [0, 0.05) is 5.92 Å². The standard InChI is InChI=1S/C14H25N/c1-4-14(5-2)12-10-8-6-7-9-11-13-15-3/h1,6,8,14-15H,5,7,9-13H2,2-3H3. The lowest BCUT2D eigenvalue weighted by Crippen LogP contribution is -2.06. The normalized spacial score (nSPS) is 12.9. The second kappa shape index (κ2) is 11.3. The minimum atomic E-state index is 0.471. The van der Waals surface area contributed by atoms with Crippen molar-refractivity contribution in [3.8, 4) is 12.3 Å². The van der Waals surface area contributed by atoms with Crippen LogP contribution >= 0.6 is 0 Å². The quantitative estimate of drug-likeness (QED) is 0.347. The molecule has 0 aliphatic rings. The van der Waals surface area contributed by atoms with Gasteiger partial charge in [0.25, 0.3) is 0 Å². The summed E-state index contributed by atoms with van der Waals surface area (Å²) in [6.07, 6.45) is 17.1. The molecule has 1 nitrogen and oxygen atoms in total. The fraction of sp³-hybridized carbons (Fsp3) is 0.714. The first-order valence-electron chi connectivity index (χ1n) is 6.10. The predicted molar refractivity (Wildman–Crippen MR) is 68.8 cm³/mol. The molecule has 0 bridgehead atoms. The molecule has 0 aromatic rings. The lowest BCUT2D eigenvalue weighted by molar-refractivity contribution is 0.598. The van der Waals surface area contributed by atoms with E-state index in [9.17, 15) is 0 Å². The molecule has 0 aliphatic carbocycles. The summed E-state index contributed by atoms with van der Waals surface area (Å²) in [5, 5.41) is 3.15. The molecule has 0 saturated heterocycles. The van der Waals surface area contributed by atoms with Gasteiger partial charge in [0.05, 0.1) is 0 Å². The Hall–Kier alpha value is -0.740. The summed E-state index contributed by atoms with van der Waals surface area (Å²) >= 11 is 0. The SMILES string of the molecule is C#CC(CC)CCC=CCCCCNC. The smallest absolute Gasteiger partial charge is 0.0200 e. The number of unbranched alkanes of at least 4 members (excludes halogenated alkanes) is 2. The second-order valence-corrected chi connectivity index (χ2v) is 3.92. The summed E-state index contributed by atoms with van der Waals surface area (Å²) in [4.78, 5) is 0. The van der Waals surface area contributed by atoms with Gasteiger partial charge in [-0.05, 0) is 52.1 Å². The Bertz CT molecular complexity index is 188. The minimum Gasteiger partial charge on any atom is -0.320 e. The minimum absolute atomic E-state index is 0.471. The van der Waals surface area contributed by atoms with Crippen LogP contribution in [0.1, 0.15) is 45.4 Å². The first-order valence-corrected chi connectivity index (χ1v) is 6.10. The Labute approximate surface area is 95.3 Å². The van der Waals surface area contributed by atoms with E-state index < -0.39 is 0 Å². The van der Waals surface area contributed by atoms with Crippen LogP contribution in [0, 0.1) is 18.3 Å². The van der Waals surface area contributed by atoms with Crippen LogP contribution in [-0.2, 0) is 0 Å². The van der Waals surface area contributed by atoms with Gasteiger partial charge < -0.3 is 5.32 Å². The Morgan fingerprint density at radius 1 is 1.27 bits per heavy atom. The van der Waals surface area contributed by atoms with Crippen molar-refractivity contribution in [1.29, 1.82) is 0 Å². The topological polar surface area (TPSA) is 12.0 Å². The molecule has 1 unspecified atom stereocenters. The molecule has 0 radical (unpaired) electrons. The number of hydrogen-bond donors (Lipinski definition) is 1. The summed E-state index contributed by atoms with van der Waals surface area (Å²) < 4.78 is 0. The van der Waals surface area contributed by atoms with Crippen molar-refractivity contribution in [2.45, 2.75) is 45.4 Å². The number of hydrogen-bond acceptors (Lipinski definition) is 1. The molecule has 1 heteroatoms. The zero-order chi connectivity index (χ0) is 11.4. The van der Waals surface area contributed by atoms with Gasteiger partial charge >= 0.3 is 0 Å². The molecular weight excluding hydrogens is 182 g/mol. The molecule has 1 atom stereocenters. The molecule has 0 heterocycles. The third-order valence-electron chi connectivity index (χ3n) is 2.62. The van der Waals surface area contributed by atoms with Crippen molar-refractivity contribution < 1.29 is 0 Å². The Balaban J connectivity index is 3.28. The summed E-state index contributed by atoms with van der Waals surface area (Å²) in [5.74, 6) is 3.30. The zero-order valence-electron chi connectivity index (χ0n) is 10.3. The van der Waals surface area contributed by atoms with Crippen molar-refractivity contribution in [2.75, 3.05) is 13.6 Å². The van der Waals surface area contributed by atoms with Gasteiger partial charge in [-0.2, -0.15) is 0 Å². The molecule has 0 rings (SSSR count). The van der Waals surface area contributed by atoms with E-state index in [1.54, 1.807) is 0 Å². The van der Waals surface area contributed by atoms with Crippen molar-refractivity contribution in [2.24, 2.45) is 5.92 Å². The summed E-state index contributed by atoms with van der Waals surface area (Å²) in [6, 6.07) is 0. The van der Waals surface area contributed by atoms with Crippen molar-refractivity contribution in [1.82, 2.24) is 5.32 Å². The largest absolute Gasteiger partial charge is 0.320 e. The van der Waals surface area contributed by atoms with E-state index in [-0.39, 0.29) is 0 Å². The van der Waals surface area contributed by atoms with Gasteiger partial charge in [0.1, 0.15) is 0 Å². The predicted octanol–water partition coefficient (Wildman–Crippen LogP) is 3.37. The van der Waals surface area contributed by atoms with E-state index >= 15 is 0 Å². The van der Waals surface area contributed by atoms with Crippen LogP contribution in [0.3, 0.4) is 0 Å². The Morgan fingerprint density at radius 2 is 2.00 bits per heavy atom. The maximum Gasteiger partial charge on any atom is 0.0200 e. The van der Waals surface area contributed by atoms with Gasteiger partial charge in [0.15, 0.2) is 0 Å². The number of allylic oxidation sites excluding steroid dienone is 2. The van der Waals surface area contributed by atoms with Crippen LogP contribution < -0.4 is 5.32 Å². The van der Waals surface area contributed by atoms with Crippen LogP contribution in [0.25, 0.3) is 0 Å². The Kier molecular flexibility index (Phi) is 10.8. The summed E-state index contributed by atoms with van der Waals surface area (Å²) in [7, 11) is 2.00. The van der Waals surface area contributed by atoms with E-state index in [0.29, 0.717) is 5.92 Å². The van der Waals surface area contributed by atoms with E-state index in [1.807, 2.05) is 7.05 Å². The molecule has 86 valence electrons. The van der Waals surface area contributed by atoms with E-state index in [0.717, 1.165) is 25.8 Å². The van der Waals surface area contributed by atoms with E-state index in [2.05, 4.69) is 30.3 Å². The van der Waals surface area contributed by atoms with Crippen LogP contribution in [0.4, 0.5) is 0 Å². The maximum absolute atomic E-state index is 5.40. The van der Waals surface area contributed by atoms with Crippen LogP contribution in [0.5, 0.6) is 0 Å². The number of rotatable bonds is 9.